The van der Waals surface area contributed by atoms with Crippen LogP contribution in [0.5, 0.6) is 0 Å². The minimum atomic E-state index is -0.570. The third kappa shape index (κ3) is 3.43. The molecule has 0 fully saturated rings. The number of amides is 2. The van der Waals surface area contributed by atoms with Crippen molar-refractivity contribution in [2.24, 2.45) is 0 Å². The van der Waals surface area contributed by atoms with E-state index in [1.165, 1.54) is 11.3 Å². The lowest BCUT2D eigenvalue weighted by molar-refractivity contribution is 0.142. The molecule has 2 amide bonds. The Balaban J connectivity index is 1.51. The normalized spacial score (nSPS) is 19.7. The summed E-state index contributed by atoms with van der Waals surface area (Å²) in [5.41, 5.74) is 2.09. The number of hydrogen-bond acceptors (Lipinski definition) is 3. The van der Waals surface area contributed by atoms with Crippen LogP contribution in [0.3, 0.4) is 0 Å². The maximum atomic E-state index is 12.0. The number of urea groups is 1. The fraction of sp³-hybridized carbons (Fsp3) is 0.312. The Bertz CT molecular complexity index is 674. The van der Waals surface area contributed by atoms with Gasteiger partial charge in [-0.2, -0.15) is 0 Å². The minimum absolute atomic E-state index is 0.261. The summed E-state index contributed by atoms with van der Waals surface area (Å²) in [7, 11) is 0. The molecule has 3 N–H and O–H groups in total. The quantitative estimate of drug-likeness (QED) is 0.804. The second-order valence-corrected chi connectivity index (χ2v) is 7.10. The van der Waals surface area contributed by atoms with E-state index in [2.05, 4.69) is 10.6 Å². The van der Waals surface area contributed by atoms with Crippen molar-refractivity contribution in [3.05, 3.63) is 56.7 Å². The van der Waals surface area contributed by atoms with Gasteiger partial charge in [0.25, 0.3) is 0 Å². The van der Waals surface area contributed by atoms with Crippen LogP contribution in [-0.4, -0.2) is 23.8 Å². The number of aliphatic hydroxyl groups excluding tert-OH is 1. The van der Waals surface area contributed by atoms with Gasteiger partial charge in [-0.3, -0.25) is 0 Å². The first-order valence-electron chi connectivity index (χ1n) is 7.18. The summed E-state index contributed by atoms with van der Waals surface area (Å²) in [4.78, 5) is 13.1. The minimum Gasteiger partial charge on any atom is -0.390 e. The van der Waals surface area contributed by atoms with E-state index in [0.717, 1.165) is 26.8 Å². The highest BCUT2D eigenvalue weighted by molar-refractivity contribution is 7.16. The molecule has 0 saturated carbocycles. The zero-order chi connectivity index (χ0) is 15.5. The molecule has 1 aromatic heterocycles. The zero-order valence-electron chi connectivity index (χ0n) is 11.9. The fourth-order valence-electron chi connectivity index (χ4n) is 2.73. The molecule has 4 nitrogen and oxygen atoms in total. The molecule has 0 bridgehead atoms. The van der Waals surface area contributed by atoms with Gasteiger partial charge in [-0.25, -0.2) is 4.79 Å². The maximum absolute atomic E-state index is 12.0. The summed E-state index contributed by atoms with van der Waals surface area (Å²) in [6.45, 7) is 0.535. The molecule has 2 atom stereocenters. The zero-order valence-corrected chi connectivity index (χ0v) is 13.5. The molecule has 1 heterocycles. The molecule has 6 heteroatoms. The first-order chi connectivity index (χ1) is 10.6. The molecule has 1 aliphatic carbocycles. The third-order valence-corrected chi connectivity index (χ3v) is 5.07. The Morgan fingerprint density at radius 1 is 1.32 bits per heavy atom. The van der Waals surface area contributed by atoms with E-state index in [1.54, 1.807) is 0 Å². The van der Waals surface area contributed by atoms with Gasteiger partial charge in [0.05, 0.1) is 16.5 Å². The van der Waals surface area contributed by atoms with Crippen LogP contribution in [-0.2, 0) is 12.8 Å². The average Bonchev–Trinajstić information content (AvgIpc) is 3.03. The lowest BCUT2D eigenvalue weighted by Crippen LogP contribution is -2.41. The number of rotatable bonds is 4. The Hall–Kier alpha value is -1.56. The fourth-order valence-corrected chi connectivity index (χ4v) is 3.81. The monoisotopic (exact) mass is 336 g/mol. The molecular formula is C16H17ClN2O2S. The van der Waals surface area contributed by atoms with E-state index in [0.29, 0.717) is 13.0 Å². The number of carbonyl (C=O) groups excluding carboxylic acids is 1. The Morgan fingerprint density at radius 2 is 2.14 bits per heavy atom. The summed E-state index contributed by atoms with van der Waals surface area (Å²) in [6, 6.07) is 11.0. The Labute approximate surface area is 138 Å². The SMILES string of the molecule is O=C(NCCc1ccc(Cl)s1)N[C@H]1c2ccccc2C[C@H]1O. The van der Waals surface area contributed by atoms with Crippen molar-refractivity contribution in [2.75, 3.05) is 6.54 Å². The highest BCUT2D eigenvalue weighted by Crippen LogP contribution is 2.31. The van der Waals surface area contributed by atoms with Crippen molar-refractivity contribution in [3.63, 3.8) is 0 Å². The van der Waals surface area contributed by atoms with E-state index in [4.69, 9.17) is 11.6 Å². The molecule has 0 radical (unpaired) electrons. The number of carbonyl (C=O) groups is 1. The highest BCUT2D eigenvalue weighted by atomic mass is 35.5. The van der Waals surface area contributed by atoms with Gasteiger partial charge >= 0.3 is 6.03 Å². The number of fused-ring (bicyclic) bond motifs is 1. The van der Waals surface area contributed by atoms with Gasteiger partial charge in [0.1, 0.15) is 0 Å². The van der Waals surface area contributed by atoms with E-state index in [-0.39, 0.29) is 12.1 Å². The smallest absolute Gasteiger partial charge is 0.315 e. The highest BCUT2D eigenvalue weighted by Gasteiger charge is 2.31. The summed E-state index contributed by atoms with van der Waals surface area (Å²) < 4.78 is 0.755. The molecule has 3 rings (SSSR count). The molecule has 1 aromatic carbocycles. The van der Waals surface area contributed by atoms with Crippen LogP contribution in [0.1, 0.15) is 22.0 Å². The van der Waals surface area contributed by atoms with Crippen molar-refractivity contribution < 1.29 is 9.90 Å². The molecular weight excluding hydrogens is 320 g/mol. The molecule has 1 aliphatic rings. The maximum Gasteiger partial charge on any atom is 0.315 e. The summed E-state index contributed by atoms with van der Waals surface area (Å²) >= 11 is 7.39. The standard InChI is InChI=1S/C16H17ClN2O2S/c17-14-6-5-11(22-14)7-8-18-16(21)19-15-12-4-2-1-3-10(12)9-13(15)20/h1-6,13,15,20H,7-9H2,(H2,18,19,21)/t13-,15+/m1/s1. The number of hydrogen-bond donors (Lipinski definition) is 3. The average molecular weight is 337 g/mol. The van der Waals surface area contributed by atoms with Crippen LogP contribution in [0.2, 0.25) is 4.34 Å². The second-order valence-electron chi connectivity index (χ2n) is 5.30. The van der Waals surface area contributed by atoms with Crippen LogP contribution in [0.15, 0.2) is 36.4 Å². The van der Waals surface area contributed by atoms with Crippen LogP contribution in [0.25, 0.3) is 0 Å². The molecule has 22 heavy (non-hydrogen) atoms. The molecule has 0 aliphatic heterocycles. The third-order valence-electron chi connectivity index (χ3n) is 3.78. The van der Waals surface area contributed by atoms with Crippen molar-refractivity contribution in [1.29, 1.82) is 0 Å². The van der Waals surface area contributed by atoms with Crippen molar-refractivity contribution in [2.45, 2.75) is 25.0 Å². The number of thiophene rings is 1. The van der Waals surface area contributed by atoms with Gasteiger partial charge in [-0.1, -0.05) is 35.9 Å². The number of nitrogens with one attached hydrogen (secondary N) is 2. The second kappa shape index (κ2) is 6.69. The van der Waals surface area contributed by atoms with Gasteiger partial charge in [-0.05, 0) is 29.7 Å². The molecule has 0 spiro atoms. The first-order valence-corrected chi connectivity index (χ1v) is 8.37. The van der Waals surface area contributed by atoms with Crippen molar-refractivity contribution in [3.8, 4) is 0 Å². The first kappa shape index (κ1) is 15.3. The lowest BCUT2D eigenvalue weighted by Gasteiger charge is -2.18. The number of benzene rings is 1. The Morgan fingerprint density at radius 3 is 2.91 bits per heavy atom. The number of halogens is 1. The molecule has 0 unspecified atom stereocenters. The van der Waals surface area contributed by atoms with Crippen LogP contribution < -0.4 is 10.6 Å². The Kier molecular flexibility index (Phi) is 4.66. The molecule has 116 valence electrons. The summed E-state index contributed by atoms with van der Waals surface area (Å²) in [6.07, 6.45) is 0.753. The van der Waals surface area contributed by atoms with E-state index in [9.17, 15) is 9.90 Å². The van der Waals surface area contributed by atoms with E-state index in [1.807, 2.05) is 36.4 Å². The summed E-state index contributed by atoms with van der Waals surface area (Å²) in [5, 5.41) is 15.8. The van der Waals surface area contributed by atoms with Gasteiger partial charge in [0, 0.05) is 17.8 Å². The van der Waals surface area contributed by atoms with Crippen LogP contribution >= 0.6 is 22.9 Å². The predicted octanol–water partition coefficient (Wildman–Crippen LogP) is 2.90. The number of aliphatic hydroxyl groups is 1. The van der Waals surface area contributed by atoms with Crippen LogP contribution in [0.4, 0.5) is 4.79 Å². The van der Waals surface area contributed by atoms with Gasteiger partial charge in [-0.15, -0.1) is 11.3 Å². The van der Waals surface area contributed by atoms with Gasteiger partial charge < -0.3 is 15.7 Å². The predicted molar refractivity (Wildman–Crippen MR) is 88.5 cm³/mol. The van der Waals surface area contributed by atoms with E-state index < -0.39 is 6.10 Å². The summed E-state index contributed by atoms with van der Waals surface area (Å²) in [5.74, 6) is 0. The van der Waals surface area contributed by atoms with E-state index >= 15 is 0 Å². The van der Waals surface area contributed by atoms with Crippen molar-refractivity contribution >= 4 is 29.0 Å². The van der Waals surface area contributed by atoms with Crippen molar-refractivity contribution in [1.82, 2.24) is 10.6 Å². The molecule has 2 aromatic rings. The van der Waals surface area contributed by atoms with Gasteiger partial charge in [0.2, 0.25) is 0 Å². The van der Waals surface area contributed by atoms with Gasteiger partial charge in [0.15, 0.2) is 0 Å². The largest absolute Gasteiger partial charge is 0.390 e. The topological polar surface area (TPSA) is 61.4 Å². The van der Waals surface area contributed by atoms with Crippen LogP contribution in [0, 0.1) is 0 Å². The molecule has 0 saturated heterocycles. The lowest BCUT2D eigenvalue weighted by atomic mass is 10.1.